The van der Waals surface area contributed by atoms with E-state index in [4.69, 9.17) is 17.3 Å². The first-order valence-electron chi connectivity index (χ1n) is 11.0. The van der Waals surface area contributed by atoms with E-state index < -0.39 is 0 Å². The van der Waals surface area contributed by atoms with E-state index >= 15 is 0 Å². The van der Waals surface area contributed by atoms with E-state index in [0.717, 1.165) is 5.56 Å². The summed E-state index contributed by atoms with van der Waals surface area (Å²) in [7, 11) is 0. The van der Waals surface area contributed by atoms with Crippen molar-refractivity contribution in [1.29, 1.82) is 15.8 Å². The first kappa shape index (κ1) is 22.6. The van der Waals surface area contributed by atoms with Gasteiger partial charge in [-0.25, -0.2) is 4.98 Å². The molecule has 0 bridgehead atoms. The van der Waals surface area contributed by atoms with Crippen molar-refractivity contribution in [3.8, 4) is 51.6 Å². The number of halogens is 1. The lowest BCUT2D eigenvalue weighted by molar-refractivity contribution is 1.35. The number of fused-ring (bicyclic) bond motifs is 1. The molecule has 0 aliphatic heterocycles. The SMILES string of the molecule is N#Cc1c(N)nc2c(C#N)c(-c3ccccc3)c(C#N)c(-c3ccccc3)c2c1-c1ccc(Cl)cc1. The number of nitrogen functional groups attached to an aromatic ring is 1. The van der Waals surface area contributed by atoms with E-state index in [-0.39, 0.29) is 16.9 Å². The molecule has 0 saturated heterocycles. The Kier molecular flexibility index (Phi) is 5.81. The van der Waals surface area contributed by atoms with Crippen molar-refractivity contribution in [1.82, 2.24) is 4.98 Å². The zero-order valence-corrected chi connectivity index (χ0v) is 19.6. The van der Waals surface area contributed by atoms with Crippen LogP contribution in [0.5, 0.6) is 0 Å². The molecule has 168 valence electrons. The molecule has 0 atom stereocenters. The summed E-state index contributed by atoms with van der Waals surface area (Å²) in [4.78, 5) is 4.57. The Labute approximate surface area is 212 Å². The lowest BCUT2D eigenvalue weighted by atomic mass is 9.82. The molecule has 0 radical (unpaired) electrons. The second kappa shape index (κ2) is 9.24. The van der Waals surface area contributed by atoms with Gasteiger partial charge in [0.05, 0.1) is 16.6 Å². The van der Waals surface area contributed by atoms with Crippen molar-refractivity contribution in [2.24, 2.45) is 0 Å². The molecule has 5 nitrogen and oxygen atoms in total. The standard InChI is InChI=1S/C30H16ClN5/c31-21-13-11-20(12-14-21)27-24(17-34)30(35)36-29-23(16-33)25(18-7-3-1-4-8-18)22(15-32)26(28(27)29)19-9-5-2-6-10-19/h1-14H,(H2,35,36). The maximum absolute atomic E-state index is 10.5. The fourth-order valence-corrected chi connectivity index (χ4v) is 4.67. The van der Waals surface area contributed by atoms with Gasteiger partial charge < -0.3 is 5.73 Å². The predicted molar refractivity (Wildman–Crippen MR) is 142 cm³/mol. The summed E-state index contributed by atoms with van der Waals surface area (Å²) in [6.07, 6.45) is 0. The highest BCUT2D eigenvalue weighted by Crippen LogP contribution is 2.46. The maximum atomic E-state index is 10.5. The molecule has 2 N–H and O–H groups in total. The number of anilines is 1. The third-order valence-corrected chi connectivity index (χ3v) is 6.31. The quantitative estimate of drug-likeness (QED) is 0.296. The number of nitrogens with zero attached hydrogens (tertiary/aromatic N) is 4. The van der Waals surface area contributed by atoms with Gasteiger partial charge in [-0.1, -0.05) is 84.4 Å². The van der Waals surface area contributed by atoms with Gasteiger partial charge in [0, 0.05) is 27.1 Å². The van der Waals surface area contributed by atoms with E-state index in [2.05, 4.69) is 23.2 Å². The zero-order chi connectivity index (χ0) is 25.2. The van der Waals surface area contributed by atoms with Crippen LogP contribution in [-0.2, 0) is 0 Å². The summed E-state index contributed by atoms with van der Waals surface area (Å²) in [6, 6.07) is 32.5. The van der Waals surface area contributed by atoms with Gasteiger partial charge in [-0.2, -0.15) is 15.8 Å². The van der Waals surface area contributed by atoms with Gasteiger partial charge in [0.2, 0.25) is 0 Å². The molecule has 0 aliphatic rings. The predicted octanol–water partition coefficient (Wildman–Crippen LogP) is 7.09. The Bertz CT molecular complexity index is 1760. The number of aromatic nitrogens is 1. The minimum atomic E-state index is 0.00850. The second-order valence-corrected chi connectivity index (χ2v) is 8.48. The molecule has 0 spiro atoms. The Balaban J connectivity index is 2.12. The van der Waals surface area contributed by atoms with Crippen molar-refractivity contribution >= 4 is 28.3 Å². The number of hydrogen-bond donors (Lipinski definition) is 1. The number of pyridine rings is 1. The number of benzene rings is 4. The van der Waals surface area contributed by atoms with Gasteiger partial charge in [-0.3, -0.25) is 0 Å². The van der Waals surface area contributed by atoms with Gasteiger partial charge in [0.15, 0.2) is 0 Å². The highest BCUT2D eigenvalue weighted by Gasteiger charge is 2.27. The van der Waals surface area contributed by atoms with Gasteiger partial charge in [-0.15, -0.1) is 0 Å². The fourth-order valence-electron chi connectivity index (χ4n) is 4.55. The molecule has 0 aliphatic carbocycles. The molecular weight excluding hydrogens is 466 g/mol. The lowest BCUT2D eigenvalue weighted by Gasteiger charge is -2.20. The topological polar surface area (TPSA) is 110 Å². The summed E-state index contributed by atoms with van der Waals surface area (Å²) in [6.45, 7) is 0. The van der Waals surface area contributed by atoms with Crippen LogP contribution in [-0.4, -0.2) is 4.98 Å². The molecule has 0 unspecified atom stereocenters. The van der Waals surface area contributed by atoms with Gasteiger partial charge in [0.25, 0.3) is 0 Å². The first-order valence-corrected chi connectivity index (χ1v) is 11.4. The minimum Gasteiger partial charge on any atom is -0.383 e. The zero-order valence-electron chi connectivity index (χ0n) is 18.8. The normalized spacial score (nSPS) is 10.4. The number of hydrogen-bond acceptors (Lipinski definition) is 5. The second-order valence-electron chi connectivity index (χ2n) is 8.05. The Hall–Kier alpha value is -5.15. The van der Waals surface area contributed by atoms with Gasteiger partial charge >= 0.3 is 0 Å². The molecule has 4 aromatic carbocycles. The fraction of sp³-hybridized carbons (Fsp3) is 0. The molecule has 0 fully saturated rings. The van der Waals surface area contributed by atoms with Crippen molar-refractivity contribution in [3.05, 3.63) is 107 Å². The van der Waals surface area contributed by atoms with Crippen molar-refractivity contribution in [3.63, 3.8) is 0 Å². The van der Waals surface area contributed by atoms with Crippen LogP contribution in [0.4, 0.5) is 5.82 Å². The van der Waals surface area contributed by atoms with E-state index in [0.29, 0.717) is 49.3 Å². The van der Waals surface area contributed by atoms with E-state index in [1.165, 1.54) is 0 Å². The highest BCUT2D eigenvalue weighted by molar-refractivity contribution is 6.30. The molecule has 0 saturated carbocycles. The van der Waals surface area contributed by atoms with Crippen LogP contribution in [0.1, 0.15) is 16.7 Å². The first-order chi connectivity index (χ1) is 17.6. The third kappa shape index (κ3) is 3.60. The van der Waals surface area contributed by atoms with E-state index in [1.54, 1.807) is 24.3 Å². The summed E-state index contributed by atoms with van der Waals surface area (Å²) >= 11 is 6.15. The maximum Gasteiger partial charge on any atom is 0.142 e. The molecule has 6 heteroatoms. The Morgan fingerprint density at radius 1 is 0.583 bits per heavy atom. The summed E-state index contributed by atoms with van der Waals surface area (Å²) in [5, 5.41) is 32.0. The Morgan fingerprint density at radius 3 is 1.58 bits per heavy atom. The molecule has 0 amide bonds. The van der Waals surface area contributed by atoms with Crippen LogP contribution in [0.15, 0.2) is 84.9 Å². The number of nitriles is 3. The molecule has 5 rings (SSSR count). The molecule has 36 heavy (non-hydrogen) atoms. The van der Waals surface area contributed by atoms with Crippen LogP contribution in [0, 0.1) is 34.0 Å². The molecule has 1 aromatic heterocycles. The number of rotatable bonds is 3. The highest BCUT2D eigenvalue weighted by atomic mass is 35.5. The monoisotopic (exact) mass is 481 g/mol. The molecule has 5 aromatic rings. The van der Waals surface area contributed by atoms with Crippen LogP contribution < -0.4 is 5.73 Å². The number of nitrogens with two attached hydrogens (primary N) is 1. The Morgan fingerprint density at radius 2 is 1.06 bits per heavy atom. The van der Waals surface area contributed by atoms with Gasteiger partial charge in [-0.05, 0) is 28.8 Å². The van der Waals surface area contributed by atoms with Crippen LogP contribution in [0.25, 0.3) is 44.3 Å². The average Bonchev–Trinajstić information content (AvgIpc) is 2.92. The summed E-state index contributed by atoms with van der Waals surface area (Å²) in [5.74, 6) is 0.00850. The van der Waals surface area contributed by atoms with Crippen molar-refractivity contribution in [2.75, 3.05) is 5.73 Å². The summed E-state index contributed by atoms with van der Waals surface area (Å²) < 4.78 is 0. The van der Waals surface area contributed by atoms with Crippen molar-refractivity contribution < 1.29 is 0 Å². The van der Waals surface area contributed by atoms with Crippen LogP contribution >= 0.6 is 11.6 Å². The van der Waals surface area contributed by atoms with E-state index in [1.807, 2.05) is 60.7 Å². The summed E-state index contributed by atoms with van der Waals surface area (Å²) in [5.41, 5.74) is 11.0. The lowest BCUT2D eigenvalue weighted by Crippen LogP contribution is -2.05. The minimum absolute atomic E-state index is 0.00850. The van der Waals surface area contributed by atoms with Crippen LogP contribution in [0.3, 0.4) is 0 Å². The third-order valence-electron chi connectivity index (χ3n) is 6.06. The molecule has 1 heterocycles. The average molecular weight is 482 g/mol. The largest absolute Gasteiger partial charge is 0.383 e. The smallest absolute Gasteiger partial charge is 0.142 e. The molecular formula is C30H16ClN5. The van der Waals surface area contributed by atoms with Crippen molar-refractivity contribution in [2.45, 2.75) is 0 Å². The van der Waals surface area contributed by atoms with Crippen LogP contribution in [0.2, 0.25) is 5.02 Å². The van der Waals surface area contributed by atoms with Gasteiger partial charge in [0.1, 0.15) is 29.6 Å². The van der Waals surface area contributed by atoms with E-state index in [9.17, 15) is 15.8 Å².